The van der Waals surface area contributed by atoms with Crippen LogP contribution in [0.1, 0.15) is 19.8 Å². The molecule has 0 saturated heterocycles. The molecule has 0 amide bonds. The van der Waals surface area contributed by atoms with Crippen molar-refractivity contribution in [2.24, 2.45) is 0 Å². The van der Waals surface area contributed by atoms with Gasteiger partial charge in [0.25, 0.3) is 0 Å². The van der Waals surface area contributed by atoms with Gasteiger partial charge in [0, 0.05) is 25.3 Å². The maximum absolute atomic E-state index is 10.8. The lowest BCUT2D eigenvalue weighted by Crippen LogP contribution is -2.04. The zero-order chi connectivity index (χ0) is 7.82. The molecule has 0 rings (SSSR count). The molecule has 0 fully saturated rings. The Morgan fingerprint density at radius 1 is 1.50 bits per heavy atom. The molecule has 0 radical (unpaired) electrons. The lowest BCUT2D eigenvalue weighted by molar-refractivity contribution is -0.119. The third-order valence-electron chi connectivity index (χ3n) is 1.10. The van der Waals surface area contributed by atoms with E-state index in [0.717, 1.165) is 0 Å². The Balaban J connectivity index is 3.05. The van der Waals surface area contributed by atoms with Gasteiger partial charge in [-0.15, -0.1) is 11.6 Å². The number of carbonyl (C=O) groups excluding carboxylic acids is 1. The van der Waals surface area contributed by atoms with Gasteiger partial charge in [0.05, 0.1) is 6.61 Å². The van der Waals surface area contributed by atoms with E-state index in [1.54, 1.807) is 0 Å². The van der Waals surface area contributed by atoms with Crippen LogP contribution in [0.4, 0.5) is 0 Å². The summed E-state index contributed by atoms with van der Waals surface area (Å²) in [7, 11) is 0. The lowest BCUT2D eigenvalue weighted by Gasteiger charge is -1.97. The van der Waals surface area contributed by atoms with Crippen LogP contribution in [0.5, 0.6) is 0 Å². The standard InChI is InChI=1S/C7H13ClO2/c1-2-10-6-4-7(9)3-5-8/h2-6H2,1H3. The van der Waals surface area contributed by atoms with Gasteiger partial charge in [-0.25, -0.2) is 0 Å². The molecule has 0 atom stereocenters. The number of rotatable bonds is 6. The molecular weight excluding hydrogens is 152 g/mol. The largest absolute Gasteiger partial charge is 0.381 e. The highest BCUT2D eigenvalue weighted by molar-refractivity contribution is 6.19. The van der Waals surface area contributed by atoms with Crippen molar-refractivity contribution in [3.8, 4) is 0 Å². The third kappa shape index (κ3) is 6.05. The molecule has 0 aromatic carbocycles. The molecule has 0 N–H and O–H groups in total. The molecule has 0 aliphatic carbocycles. The van der Waals surface area contributed by atoms with Crippen LogP contribution in [0.2, 0.25) is 0 Å². The van der Waals surface area contributed by atoms with E-state index in [0.29, 0.717) is 31.9 Å². The van der Waals surface area contributed by atoms with E-state index in [9.17, 15) is 4.79 Å². The highest BCUT2D eigenvalue weighted by atomic mass is 35.5. The van der Waals surface area contributed by atoms with Crippen LogP contribution in [0.3, 0.4) is 0 Å². The van der Waals surface area contributed by atoms with Crippen LogP contribution in [-0.2, 0) is 9.53 Å². The Kier molecular flexibility index (Phi) is 6.98. The quantitative estimate of drug-likeness (QED) is 0.441. The summed E-state index contributed by atoms with van der Waals surface area (Å²) in [4.78, 5) is 10.8. The predicted molar refractivity (Wildman–Crippen MR) is 41.5 cm³/mol. The molecule has 10 heavy (non-hydrogen) atoms. The van der Waals surface area contributed by atoms with Crippen LogP contribution < -0.4 is 0 Å². The normalized spacial score (nSPS) is 9.80. The smallest absolute Gasteiger partial charge is 0.136 e. The van der Waals surface area contributed by atoms with Gasteiger partial charge in [-0.05, 0) is 6.92 Å². The summed E-state index contributed by atoms with van der Waals surface area (Å²) in [6.07, 6.45) is 0.967. The van der Waals surface area contributed by atoms with Crippen molar-refractivity contribution in [3.63, 3.8) is 0 Å². The van der Waals surface area contributed by atoms with Crippen molar-refractivity contribution in [2.45, 2.75) is 19.8 Å². The molecule has 2 nitrogen and oxygen atoms in total. The molecule has 0 spiro atoms. The SMILES string of the molecule is CCOCCC(=O)CCCl. The number of hydrogen-bond donors (Lipinski definition) is 0. The summed E-state index contributed by atoms with van der Waals surface area (Å²) in [6.45, 7) is 3.12. The van der Waals surface area contributed by atoms with E-state index in [2.05, 4.69) is 0 Å². The number of ether oxygens (including phenoxy) is 1. The number of alkyl halides is 1. The second-order valence-corrected chi connectivity index (χ2v) is 2.30. The number of hydrogen-bond acceptors (Lipinski definition) is 2. The molecule has 3 heteroatoms. The van der Waals surface area contributed by atoms with Crippen LogP contribution in [0.25, 0.3) is 0 Å². The Morgan fingerprint density at radius 2 is 2.20 bits per heavy atom. The summed E-state index contributed by atoms with van der Waals surface area (Å²) < 4.78 is 4.99. The molecule has 60 valence electrons. The maximum Gasteiger partial charge on any atom is 0.136 e. The van der Waals surface area contributed by atoms with E-state index in [4.69, 9.17) is 16.3 Å². The van der Waals surface area contributed by atoms with Crippen molar-refractivity contribution in [1.82, 2.24) is 0 Å². The van der Waals surface area contributed by atoms with Gasteiger partial charge < -0.3 is 4.74 Å². The summed E-state index contributed by atoms with van der Waals surface area (Å²) in [5.41, 5.74) is 0. The minimum absolute atomic E-state index is 0.184. The fourth-order valence-electron chi connectivity index (χ4n) is 0.561. The monoisotopic (exact) mass is 164 g/mol. The predicted octanol–water partition coefficient (Wildman–Crippen LogP) is 1.61. The lowest BCUT2D eigenvalue weighted by atomic mass is 10.2. The number of carbonyl (C=O) groups is 1. The van der Waals surface area contributed by atoms with Gasteiger partial charge in [-0.1, -0.05) is 0 Å². The average molecular weight is 165 g/mol. The molecule has 0 aromatic rings. The molecular formula is C7H13ClO2. The molecule has 0 unspecified atom stereocenters. The van der Waals surface area contributed by atoms with Crippen molar-refractivity contribution in [2.75, 3.05) is 19.1 Å². The van der Waals surface area contributed by atoms with E-state index in [-0.39, 0.29) is 5.78 Å². The number of halogens is 1. The molecule has 0 aromatic heterocycles. The fraction of sp³-hybridized carbons (Fsp3) is 0.857. The minimum Gasteiger partial charge on any atom is -0.381 e. The summed E-state index contributed by atoms with van der Waals surface area (Å²) in [6, 6.07) is 0. The Labute approximate surface area is 66.5 Å². The Morgan fingerprint density at radius 3 is 2.70 bits per heavy atom. The minimum atomic E-state index is 0.184. The fourth-order valence-corrected chi connectivity index (χ4v) is 0.772. The van der Waals surface area contributed by atoms with Crippen molar-refractivity contribution in [1.29, 1.82) is 0 Å². The van der Waals surface area contributed by atoms with E-state index in [1.165, 1.54) is 0 Å². The van der Waals surface area contributed by atoms with E-state index >= 15 is 0 Å². The Hall–Kier alpha value is -0.0800. The number of Topliss-reactive ketones (excluding diaryl/α,β-unsaturated/α-hetero) is 1. The first-order valence-electron chi connectivity index (χ1n) is 3.46. The summed E-state index contributed by atoms with van der Waals surface area (Å²) in [5.74, 6) is 0.605. The van der Waals surface area contributed by atoms with Crippen LogP contribution >= 0.6 is 11.6 Å². The van der Waals surface area contributed by atoms with Crippen molar-refractivity contribution < 1.29 is 9.53 Å². The van der Waals surface area contributed by atoms with E-state index < -0.39 is 0 Å². The van der Waals surface area contributed by atoms with Gasteiger partial charge >= 0.3 is 0 Å². The maximum atomic E-state index is 10.8. The van der Waals surface area contributed by atoms with Crippen molar-refractivity contribution >= 4 is 17.4 Å². The van der Waals surface area contributed by atoms with Crippen LogP contribution in [0, 0.1) is 0 Å². The third-order valence-corrected chi connectivity index (χ3v) is 1.29. The first kappa shape index (κ1) is 9.92. The summed E-state index contributed by atoms with van der Waals surface area (Å²) in [5, 5.41) is 0. The highest BCUT2D eigenvalue weighted by Gasteiger charge is 1.98. The van der Waals surface area contributed by atoms with Crippen LogP contribution in [0.15, 0.2) is 0 Å². The Bertz CT molecular complexity index is 93.6. The molecule has 0 aliphatic rings. The van der Waals surface area contributed by atoms with Gasteiger partial charge in [-0.3, -0.25) is 4.79 Å². The van der Waals surface area contributed by atoms with Crippen molar-refractivity contribution in [3.05, 3.63) is 0 Å². The van der Waals surface area contributed by atoms with Gasteiger partial charge in [0.2, 0.25) is 0 Å². The van der Waals surface area contributed by atoms with E-state index in [1.807, 2.05) is 6.92 Å². The molecule has 0 bridgehead atoms. The molecule has 0 aliphatic heterocycles. The first-order chi connectivity index (χ1) is 4.81. The van der Waals surface area contributed by atoms with Gasteiger partial charge in [0.1, 0.15) is 5.78 Å². The second-order valence-electron chi connectivity index (χ2n) is 1.92. The summed E-state index contributed by atoms with van der Waals surface area (Å²) >= 11 is 5.35. The van der Waals surface area contributed by atoms with Crippen LogP contribution in [-0.4, -0.2) is 24.9 Å². The van der Waals surface area contributed by atoms with Gasteiger partial charge in [-0.2, -0.15) is 0 Å². The molecule has 0 heterocycles. The highest BCUT2D eigenvalue weighted by Crippen LogP contribution is 1.92. The average Bonchev–Trinajstić information content (AvgIpc) is 1.89. The topological polar surface area (TPSA) is 26.3 Å². The first-order valence-corrected chi connectivity index (χ1v) is 4.00. The van der Waals surface area contributed by atoms with Gasteiger partial charge in [0.15, 0.2) is 0 Å². The second kappa shape index (κ2) is 7.03. The zero-order valence-electron chi connectivity index (χ0n) is 6.23. The zero-order valence-corrected chi connectivity index (χ0v) is 6.99. The number of ketones is 1. The molecule has 0 saturated carbocycles.